The Morgan fingerprint density at radius 1 is 1.46 bits per heavy atom. The van der Waals surface area contributed by atoms with E-state index in [9.17, 15) is 10.1 Å². The number of anilines is 1. The largest absolute Gasteiger partial charge is 2.00 e. The molecule has 0 aliphatic heterocycles. The summed E-state index contributed by atoms with van der Waals surface area (Å²) in [6, 6.07) is 6.46. The Kier molecular flexibility index (Phi) is 6.77. The molecule has 1 spiro atoms. The van der Waals surface area contributed by atoms with Crippen molar-refractivity contribution in [3.05, 3.63) is 46.9 Å². The van der Waals surface area contributed by atoms with Crippen LogP contribution in [0.1, 0.15) is 44.6 Å². The van der Waals surface area contributed by atoms with Crippen molar-refractivity contribution in [1.82, 2.24) is 0 Å². The van der Waals surface area contributed by atoms with E-state index in [0.29, 0.717) is 29.8 Å². The Balaban J connectivity index is 0.00000243. The fraction of sp³-hybridized carbons (Fsp3) is 0.526. The first-order valence-corrected chi connectivity index (χ1v) is 8.62. The van der Waals surface area contributed by atoms with Crippen molar-refractivity contribution in [2.75, 3.05) is 18.5 Å². The van der Waals surface area contributed by atoms with Crippen LogP contribution in [0.15, 0.2) is 18.2 Å². The third kappa shape index (κ3) is 4.09. The quantitative estimate of drug-likeness (QED) is 0.310. The minimum absolute atomic E-state index is 0. The minimum Gasteiger partial charge on any atom is -0.575 e. The van der Waals surface area contributed by atoms with Gasteiger partial charge in [0.15, 0.2) is 0 Å². The summed E-state index contributed by atoms with van der Waals surface area (Å²) in [5.74, 6) is 0. The summed E-state index contributed by atoms with van der Waals surface area (Å²) in [5, 5.41) is 23.6. The predicted octanol–water partition coefficient (Wildman–Crippen LogP) is 4.23. The molecule has 0 aromatic heterocycles. The van der Waals surface area contributed by atoms with E-state index in [1.165, 1.54) is 25.0 Å². The van der Waals surface area contributed by atoms with Crippen molar-refractivity contribution < 1.29 is 40.8 Å². The number of nitro benzene ring substituents is 1. The van der Waals surface area contributed by atoms with Crippen molar-refractivity contribution in [2.24, 2.45) is 10.8 Å². The molecule has 0 amide bonds. The van der Waals surface area contributed by atoms with Gasteiger partial charge in [-0.05, 0) is 35.8 Å². The zero-order valence-corrected chi connectivity index (χ0v) is 19.2. The summed E-state index contributed by atoms with van der Waals surface area (Å²) < 4.78 is 5.68. The normalized spacial score (nSPS) is 23.7. The number of nitriles is 1. The molecule has 0 bridgehead atoms. The number of nitro groups is 1. The molecule has 6 nitrogen and oxygen atoms in total. The summed E-state index contributed by atoms with van der Waals surface area (Å²) in [5.41, 5.74) is 1.10. The molecule has 2 saturated carbocycles. The molecule has 3 rings (SSSR count). The van der Waals surface area contributed by atoms with Crippen LogP contribution in [0.3, 0.4) is 0 Å². The van der Waals surface area contributed by atoms with Crippen molar-refractivity contribution in [1.29, 1.82) is 5.26 Å². The second kappa shape index (κ2) is 8.30. The molecule has 1 N–H and O–H groups in total. The van der Waals surface area contributed by atoms with Gasteiger partial charge in [-0.3, -0.25) is 10.1 Å². The van der Waals surface area contributed by atoms with Gasteiger partial charge in [0.1, 0.15) is 5.69 Å². The van der Waals surface area contributed by atoms with Gasteiger partial charge in [0, 0.05) is 12.6 Å². The van der Waals surface area contributed by atoms with Crippen LogP contribution in [0.5, 0.6) is 0 Å². The van der Waals surface area contributed by atoms with Gasteiger partial charge in [-0.15, -0.1) is 13.0 Å². The van der Waals surface area contributed by atoms with Gasteiger partial charge >= 0.3 is 31.1 Å². The third-order valence-corrected chi connectivity index (χ3v) is 5.90. The van der Waals surface area contributed by atoms with Crippen molar-refractivity contribution >= 4 is 11.4 Å². The van der Waals surface area contributed by atoms with Gasteiger partial charge in [0.25, 0.3) is 5.69 Å². The molecule has 1 aromatic rings. The molecule has 136 valence electrons. The number of benzene rings is 1. The van der Waals surface area contributed by atoms with Crippen LogP contribution in [0, 0.1) is 76.4 Å². The van der Waals surface area contributed by atoms with Gasteiger partial charge in [-0.1, -0.05) is 13.3 Å². The maximum atomic E-state index is 11.3. The van der Waals surface area contributed by atoms with Crippen LogP contribution in [0.2, 0.25) is 0 Å². The monoisotopic (exact) mass is 579 g/mol. The van der Waals surface area contributed by atoms with E-state index in [4.69, 9.17) is 10.00 Å². The first kappa shape index (κ1) is 21.2. The molecule has 1 atom stereocenters. The number of ether oxygens (including phenoxy) is 1. The molecule has 0 radical (unpaired) electrons. The first-order valence-electron chi connectivity index (χ1n) is 8.62. The minimum atomic E-state index is -0.414. The van der Waals surface area contributed by atoms with Gasteiger partial charge in [-0.25, -0.2) is 0 Å². The SMILES string of the molecule is [CH2-]CO[C-]1CCC2(CC2)C(C)(CNc2cc(C#N)ccc2[N+](=O)[O-])C1.[U+2]. The fourth-order valence-electron chi connectivity index (χ4n) is 4.11. The molecule has 1 unspecified atom stereocenters. The van der Waals surface area contributed by atoms with Crippen LogP contribution in [0.25, 0.3) is 0 Å². The second-order valence-corrected chi connectivity index (χ2v) is 7.36. The predicted molar refractivity (Wildman–Crippen MR) is 94.5 cm³/mol. The van der Waals surface area contributed by atoms with Crippen molar-refractivity contribution in [3.63, 3.8) is 0 Å². The maximum Gasteiger partial charge on any atom is 2.00 e. The topological polar surface area (TPSA) is 88.2 Å². The second-order valence-electron chi connectivity index (χ2n) is 7.36. The van der Waals surface area contributed by atoms with E-state index in [2.05, 4.69) is 19.2 Å². The van der Waals surface area contributed by atoms with Crippen molar-refractivity contribution in [3.8, 4) is 6.07 Å². The molecular formula is C19H23N3O3U. The Bertz CT molecular complexity index is 714. The molecule has 2 aliphatic carbocycles. The van der Waals surface area contributed by atoms with Crippen LogP contribution in [-0.4, -0.2) is 18.1 Å². The number of rotatable bonds is 6. The van der Waals surface area contributed by atoms with E-state index in [1.54, 1.807) is 6.07 Å². The van der Waals surface area contributed by atoms with Crippen LogP contribution in [-0.2, 0) is 4.74 Å². The summed E-state index contributed by atoms with van der Waals surface area (Å²) in [7, 11) is 0. The van der Waals surface area contributed by atoms with Gasteiger partial charge in [0.05, 0.1) is 16.6 Å². The average molecular weight is 579 g/mol. The number of hydrogen-bond acceptors (Lipinski definition) is 5. The smallest absolute Gasteiger partial charge is 0.575 e. The Morgan fingerprint density at radius 2 is 2.19 bits per heavy atom. The summed E-state index contributed by atoms with van der Waals surface area (Å²) in [4.78, 5) is 10.9. The molecule has 2 fully saturated rings. The van der Waals surface area contributed by atoms with E-state index in [1.807, 2.05) is 6.07 Å². The average Bonchev–Trinajstić information content (AvgIpc) is 3.38. The maximum absolute atomic E-state index is 11.3. The molecule has 2 aliphatic rings. The van der Waals surface area contributed by atoms with Crippen LogP contribution in [0.4, 0.5) is 11.4 Å². The van der Waals surface area contributed by atoms with E-state index in [0.717, 1.165) is 25.4 Å². The molecule has 26 heavy (non-hydrogen) atoms. The summed E-state index contributed by atoms with van der Waals surface area (Å²) >= 11 is 0. The van der Waals surface area contributed by atoms with Gasteiger partial charge in [0.2, 0.25) is 0 Å². The van der Waals surface area contributed by atoms with Gasteiger partial charge < -0.3 is 17.0 Å². The van der Waals surface area contributed by atoms with Crippen molar-refractivity contribution in [2.45, 2.75) is 39.0 Å². The van der Waals surface area contributed by atoms with E-state index >= 15 is 0 Å². The third-order valence-electron chi connectivity index (χ3n) is 5.90. The number of nitrogens with one attached hydrogen (secondary N) is 1. The molecular weight excluding hydrogens is 556 g/mol. The zero-order chi connectivity index (χ0) is 18.1. The molecule has 0 saturated heterocycles. The molecule has 0 heterocycles. The zero-order valence-electron chi connectivity index (χ0n) is 15.0. The van der Waals surface area contributed by atoms with E-state index < -0.39 is 4.92 Å². The summed E-state index contributed by atoms with van der Waals surface area (Å²) in [6.07, 6.45) is 6.40. The number of hydrogen-bond donors (Lipinski definition) is 1. The van der Waals surface area contributed by atoms with Gasteiger partial charge in [-0.2, -0.15) is 17.8 Å². The Labute approximate surface area is 178 Å². The van der Waals surface area contributed by atoms with E-state index in [-0.39, 0.29) is 42.2 Å². The first-order chi connectivity index (χ1) is 11.9. The van der Waals surface area contributed by atoms with Crippen LogP contribution >= 0.6 is 0 Å². The molecule has 7 heteroatoms. The Hall–Kier alpha value is -1.08. The summed E-state index contributed by atoms with van der Waals surface area (Å²) in [6.45, 7) is 7.04. The molecule has 1 aromatic carbocycles. The van der Waals surface area contributed by atoms with Crippen LogP contribution < -0.4 is 5.32 Å². The number of nitrogens with zero attached hydrogens (tertiary/aromatic N) is 2. The fourth-order valence-corrected chi connectivity index (χ4v) is 4.11. The Morgan fingerprint density at radius 3 is 2.77 bits per heavy atom. The standard InChI is InChI=1S/C19H23N3O3.U/c1-3-25-15-6-7-19(8-9-19)18(2,11-15)13-21-16-10-14(12-20)4-5-17(16)22(23)24;/h4-5,10,21H,1,3,6-9,11,13H2,2H3;/q-2;+2.